The van der Waals surface area contributed by atoms with Crippen LogP contribution in [0, 0.1) is 6.92 Å². The van der Waals surface area contributed by atoms with Crippen molar-refractivity contribution in [3.8, 4) is 5.88 Å². The second-order valence-electron chi connectivity index (χ2n) is 4.49. The van der Waals surface area contributed by atoms with E-state index in [9.17, 15) is 4.79 Å². The zero-order chi connectivity index (χ0) is 13.2. The first-order valence-corrected chi connectivity index (χ1v) is 7.04. The van der Waals surface area contributed by atoms with E-state index in [-0.39, 0.29) is 5.91 Å². The summed E-state index contributed by atoms with van der Waals surface area (Å²) in [5.74, 6) is 0.649. The van der Waals surface area contributed by atoms with Crippen molar-refractivity contribution >= 4 is 22.9 Å². The Morgan fingerprint density at radius 3 is 3.26 bits per heavy atom. The Hall–Kier alpha value is -1.88. The lowest BCUT2D eigenvalue weighted by atomic mass is 10.2. The highest BCUT2D eigenvalue weighted by molar-refractivity contribution is 7.10. The van der Waals surface area contributed by atoms with Crippen molar-refractivity contribution in [2.45, 2.75) is 13.3 Å². The number of amides is 1. The van der Waals surface area contributed by atoms with Gasteiger partial charge in [-0.05, 0) is 30.0 Å². The molecule has 0 N–H and O–H groups in total. The summed E-state index contributed by atoms with van der Waals surface area (Å²) < 4.78 is 5.49. The van der Waals surface area contributed by atoms with E-state index in [2.05, 4.69) is 4.98 Å². The third kappa shape index (κ3) is 2.46. The molecule has 0 saturated heterocycles. The standard InChI is InChI=1S/C14H14N2O2S/c1-10-7-12-14(15-9-10)18-5-4-16(12)13(17)8-11-3-2-6-19-11/h2-3,6-7,9H,4-5,8H2,1H3. The van der Waals surface area contributed by atoms with E-state index in [0.29, 0.717) is 25.5 Å². The molecule has 1 amide bonds. The van der Waals surface area contributed by atoms with Crippen LogP contribution in [0.5, 0.6) is 5.88 Å². The Bertz CT molecular complexity index is 595. The molecular weight excluding hydrogens is 260 g/mol. The molecule has 4 nitrogen and oxygen atoms in total. The van der Waals surface area contributed by atoms with Crippen LogP contribution in [0.15, 0.2) is 29.8 Å². The molecule has 0 atom stereocenters. The lowest BCUT2D eigenvalue weighted by Gasteiger charge is -2.28. The second kappa shape index (κ2) is 5.01. The normalized spacial score (nSPS) is 13.8. The number of pyridine rings is 1. The lowest BCUT2D eigenvalue weighted by Crippen LogP contribution is -2.39. The fourth-order valence-electron chi connectivity index (χ4n) is 2.12. The van der Waals surface area contributed by atoms with Crippen LogP contribution >= 0.6 is 11.3 Å². The van der Waals surface area contributed by atoms with E-state index in [1.807, 2.05) is 30.5 Å². The van der Waals surface area contributed by atoms with Gasteiger partial charge in [0.25, 0.3) is 0 Å². The molecule has 0 aliphatic carbocycles. The van der Waals surface area contributed by atoms with Crippen LogP contribution in [0.4, 0.5) is 5.69 Å². The molecule has 0 aromatic carbocycles. The van der Waals surface area contributed by atoms with Crippen molar-refractivity contribution in [2.24, 2.45) is 0 Å². The Labute approximate surface area is 115 Å². The predicted molar refractivity (Wildman–Crippen MR) is 74.8 cm³/mol. The summed E-state index contributed by atoms with van der Waals surface area (Å²) in [6.07, 6.45) is 2.19. The van der Waals surface area contributed by atoms with Crippen LogP contribution in [0.25, 0.3) is 0 Å². The van der Waals surface area contributed by atoms with Gasteiger partial charge in [-0.25, -0.2) is 4.98 Å². The van der Waals surface area contributed by atoms with E-state index >= 15 is 0 Å². The number of carbonyl (C=O) groups is 1. The van der Waals surface area contributed by atoms with Gasteiger partial charge in [-0.15, -0.1) is 11.3 Å². The molecule has 1 aliphatic heterocycles. The molecular formula is C14H14N2O2S. The van der Waals surface area contributed by atoms with Crippen molar-refractivity contribution in [1.82, 2.24) is 4.98 Å². The maximum Gasteiger partial charge on any atom is 0.238 e. The molecule has 0 fully saturated rings. The number of carbonyl (C=O) groups excluding carboxylic acids is 1. The van der Waals surface area contributed by atoms with E-state index in [4.69, 9.17) is 4.74 Å². The molecule has 19 heavy (non-hydrogen) atoms. The van der Waals surface area contributed by atoms with Crippen LogP contribution < -0.4 is 9.64 Å². The molecule has 3 heterocycles. The van der Waals surface area contributed by atoms with Gasteiger partial charge in [0.2, 0.25) is 11.8 Å². The van der Waals surface area contributed by atoms with Crippen molar-refractivity contribution in [1.29, 1.82) is 0 Å². The molecule has 2 aromatic rings. The van der Waals surface area contributed by atoms with Gasteiger partial charge >= 0.3 is 0 Å². The summed E-state index contributed by atoms with van der Waals surface area (Å²) >= 11 is 1.61. The topological polar surface area (TPSA) is 42.4 Å². The highest BCUT2D eigenvalue weighted by Gasteiger charge is 2.24. The molecule has 3 rings (SSSR count). The number of aromatic nitrogens is 1. The fourth-order valence-corrected chi connectivity index (χ4v) is 2.81. The van der Waals surface area contributed by atoms with Gasteiger partial charge in [0, 0.05) is 11.1 Å². The molecule has 2 aromatic heterocycles. The van der Waals surface area contributed by atoms with Crippen molar-refractivity contribution in [2.75, 3.05) is 18.1 Å². The number of nitrogens with zero attached hydrogens (tertiary/aromatic N) is 2. The minimum Gasteiger partial charge on any atom is -0.474 e. The van der Waals surface area contributed by atoms with Crippen LogP contribution in [0.1, 0.15) is 10.4 Å². The summed E-state index contributed by atoms with van der Waals surface area (Å²) in [5.41, 5.74) is 1.81. The number of ether oxygens (including phenoxy) is 1. The summed E-state index contributed by atoms with van der Waals surface area (Å²) in [5, 5.41) is 1.99. The SMILES string of the molecule is Cc1cnc2c(c1)N(C(=O)Cc1cccs1)CCO2. The van der Waals surface area contributed by atoms with Gasteiger partial charge in [0.15, 0.2) is 0 Å². The van der Waals surface area contributed by atoms with Crippen LogP contribution in [0.3, 0.4) is 0 Å². The van der Waals surface area contributed by atoms with Gasteiger partial charge in [0.1, 0.15) is 12.3 Å². The monoisotopic (exact) mass is 274 g/mol. The molecule has 0 saturated carbocycles. The molecule has 0 unspecified atom stereocenters. The van der Waals surface area contributed by atoms with Crippen LogP contribution in [0.2, 0.25) is 0 Å². The largest absolute Gasteiger partial charge is 0.474 e. The first-order chi connectivity index (χ1) is 9.24. The smallest absolute Gasteiger partial charge is 0.238 e. The van der Waals surface area contributed by atoms with Crippen molar-refractivity contribution in [3.63, 3.8) is 0 Å². The third-order valence-electron chi connectivity index (χ3n) is 3.02. The van der Waals surface area contributed by atoms with Crippen LogP contribution in [-0.4, -0.2) is 24.0 Å². The van der Waals surface area contributed by atoms with E-state index < -0.39 is 0 Å². The highest BCUT2D eigenvalue weighted by atomic mass is 32.1. The third-order valence-corrected chi connectivity index (χ3v) is 3.90. The molecule has 0 radical (unpaired) electrons. The fraction of sp³-hybridized carbons (Fsp3) is 0.286. The van der Waals surface area contributed by atoms with Gasteiger partial charge in [-0.1, -0.05) is 6.07 Å². The minimum atomic E-state index is 0.0967. The van der Waals surface area contributed by atoms with Crippen LogP contribution in [-0.2, 0) is 11.2 Å². The number of hydrogen-bond donors (Lipinski definition) is 0. The van der Waals surface area contributed by atoms with E-state index in [1.54, 1.807) is 22.4 Å². The quantitative estimate of drug-likeness (QED) is 0.844. The van der Waals surface area contributed by atoms with E-state index in [0.717, 1.165) is 16.1 Å². The Kier molecular flexibility index (Phi) is 3.21. The number of anilines is 1. The summed E-state index contributed by atoms with van der Waals surface area (Å²) in [4.78, 5) is 19.5. The van der Waals surface area contributed by atoms with Crippen molar-refractivity contribution in [3.05, 3.63) is 40.2 Å². The average Bonchev–Trinajstić information content (AvgIpc) is 2.90. The zero-order valence-electron chi connectivity index (χ0n) is 10.6. The number of fused-ring (bicyclic) bond motifs is 1. The number of rotatable bonds is 2. The Balaban J connectivity index is 1.86. The summed E-state index contributed by atoms with van der Waals surface area (Å²) in [6, 6.07) is 5.90. The summed E-state index contributed by atoms with van der Waals surface area (Å²) in [6.45, 7) is 3.05. The van der Waals surface area contributed by atoms with Gasteiger partial charge < -0.3 is 9.64 Å². The maximum absolute atomic E-state index is 12.4. The number of hydrogen-bond acceptors (Lipinski definition) is 4. The molecule has 0 bridgehead atoms. The molecule has 98 valence electrons. The molecule has 0 spiro atoms. The number of thiophene rings is 1. The number of aryl methyl sites for hydroxylation is 1. The predicted octanol–water partition coefficient (Wildman–Crippen LogP) is 2.42. The second-order valence-corrected chi connectivity index (χ2v) is 5.52. The zero-order valence-corrected chi connectivity index (χ0v) is 11.4. The Morgan fingerprint density at radius 1 is 1.58 bits per heavy atom. The molecule has 1 aliphatic rings. The van der Waals surface area contributed by atoms with Gasteiger partial charge in [-0.2, -0.15) is 0 Å². The average molecular weight is 274 g/mol. The first kappa shape index (κ1) is 12.2. The highest BCUT2D eigenvalue weighted by Crippen LogP contribution is 2.30. The minimum absolute atomic E-state index is 0.0967. The van der Waals surface area contributed by atoms with Crippen molar-refractivity contribution < 1.29 is 9.53 Å². The summed E-state index contributed by atoms with van der Waals surface area (Å²) in [7, 11) is 0. The van der Waals surface area contributed by atoms with Gasteiger partial charge in [-0.3, -0.25) is 4.79 Å². The lowest BCUT2D eigenvalue weighted by molar-refractivity contribution is -0.118. The first-order valence-electron chi connectivity index (χ1n) is 6.16. The Morgan fingerprint density at radius 2 is 2.47 bits per heavy atom. The van der Waals surface area contributed by atoms with Gasteiger partial charge in [0.05, 0.1) is 13.0 Å². The molecule has 5 heteroatoms. The maximum atomic E-state index is 12.4. The van der Waals surface area contributed by atoms with E-state index in [1.165, 1.54) is 0 Å².